The Morgan fingerprint density at radius 1 is 1.36 bits per heavy atom. The van der Waals surface area contributed by atoms with Crippen LogP contribution in [0, 0.1) is 0 Å². The number of nitrogens with two attached hydrogens (primary N) is 1. The fourth-order valence-electron chi connectivity index (χ4n) is 2.20. The highest BCUT2D eigenvalue weighted by Gasteiger charge is 2.49. The lowest BCUT2D eigenvalue weighted by Gasteiger charge is -2.23. The summed E-state index contributed by atoms with van der Waals surface area (Å²) in [5, 5.41) is 2.29. The second-order valence-corrected chi connectivity index (χ2v) is 4.99. The number of alkyl halides is 3. The number of hydrogen-bond donors (Lipinski definition) is 2. The Morgan fingerprint density at radius 3 is 2.55 bits per heavy atom. The van der Waals surface area contributed by atoms with Crippen LogP contribution in [0.1, 0.15) is 18.1 Å². The van der Waals surface area contributed by atoms with Gasteiger partial charge in [0.25, 0.3) is 5.91 Å². The van der Waals surface area contributed by atoms with Crippen molar-refractivity contribution in [2.75, 3.05) is 6.54 Å². The molecule has 6 nitrogen and oxygen atoms in total. The second kappa shape index (κ2) is 5.00. The van der Waals surface area contributed by atoms with Gasteiger partial charge in [0.2, 0.25) is 5.91 Å². The molecule has 118 valence electrons. The largest absolute Gasteiger partial charge is 0.416 e. The van der Waals surface area contributed by atoms with Crippen LogP contribution in [-0.4, -0.2) is 29.3 Å². The van der Waals surface area contributed by atoms with Crippen molar-refractivity contribution in [2.24, 2.45) is 5.73 Å². The molecule has 1 fully saturated rings. The third-order valence-corrected chi connectivity index (χ3v) is 3.36. The molecule has 1 heterocycles. The van der Waals surface area contributed by atoms with Gasteiger partial charge in [0.1, 0.15) is 12.1 Å². The lowest BCUT2D eigenvalue weighted by molar-refractivity contribution is -0.138. The Balaban J connectivity index is 2.42. The number of halogens is 3. The summed E-state index contributed by atoms with van der Waals surface area (Å²) in [6, 6.07) is 3.19. The summed E-state index contributed by atoms with van der Waals surface area (Å²) in [5.41, 5.74) is 2.28. The predicted molar refractivity (Wildman–Crippen MR) is 68.2 cm³/mol. The van der Waals surface area contributed by atoms with E-state index in [1.807, 2.05) is 0 Å². The van der Waals surface area contributed by atoms with E-state index in [1.54, 1.807) is 0 Å². The number of urea groups is 1. The lowest BCUT2D eigenvalue weighted by atomic mass is 9.90. The molecule has 1 aliphatic rings. The fraction of sp³-hybridized carbons (Fsp3) is 0.308. The number of benzene rings is 1. The molecule has 0 radical (unpaired) electrons. The van der Waals surface area contributed by atoms with Crippen LogP contribution in [-0.2, 0) is 21.3 Å². The SMILES string of the molecule is C[C@]1(c2cccc(C(F)(F)F)c2)NC(=O)N(CC(N)=O)C1=O. The molecule has 1 aromatic carbocycles. The molecule has 1 aromatic rings. The highest BCUT2D eigenvalue weighted by atomic mass is 19.4. The molecule has 4 amide bonds. The maximum Gasteiger partial charge on any atom is 0.416 e. The first-order chi connectivity index (χ1) is 10.1. The smallest absolute Gasteiger partial charge is 0.368 e. The number of primary amides is 1. The van der Waals surface area contributed by atoms with Crippen LogP contribution in [0.4, 0.5) is 18.0 Å². The molecular weight excluding hydrogens is 303 g/mol. The van der Waals surface area contributed by atoms with E-state index >= 15 is 0 Å². The van der Waals surface area contributed by atoms with Crippen LogP contribution < -0.4 is 11.1 Å². The summed E-state index contributed by atoms with van der Waals surface area (Å²) in [6.45, 7) is 0.628. The van der Waals surface area contributed by atoms with Gasteiger partial charge in [-0.25, -0.2) is 4.79 Å². The Labute approximate surface area is 123 Å². The van der Waals surface area contributed by atoms with E-state index in [-0.39, 0.29) is 5.56 Å². The standard InChI is InChI=1S/C13H12F3N3O3/c1-12(7-3-2-4-8(5-7)13(14,15)16)10(21)19(6-9(17)20)11(22)18-12/h2-5H,6H2,1H3,(H2,17,20)(H,18,22)/t12-/m1/s1. The first-order valence-corrected chi connectivity index (χ1v) is 6.16. The number of nitrogens with zero attached hydrogens (tertiary/aromatic N) is 1. The first kappa shape index (κ1) is 15.8. The molecule has 0 aliphatic carbocycles. The van der Waals surface area contributed by atoms with Crippen molar-refractivity contribution in [1.82, 2.24) is 10.2 Å². The van der Waals surface area contributed by atoms with Gasteiger partial charge < -0.3 is 11.1 Å². The third-order valence-electron chi connectivity index (χ3n) is 3.36. The number of carbonyl (C=O) groups excluding carboxylic acids is 3. The lowest BCUT2D eigenvalue weighted by Crippen LogP contribution is -2.42. The van der Waals surface area contributed by atoms with Gasteiger partial charge in [0.05, 0.1) is 5.56 Å². The Bertz CT molecular complexity index is 659. The van der Waals surface area contributed by atoms with Crippen molar-refractivity contribution in [3.05, 3.63) is 35.4 Å². The number of carbonyl (C=O) groups is 3. The molecule has 2 rings (SSSR count). The van der Waals surface area contributed by atoms with Gasteiger partial charge in [-0.1, -0.05) is 12.1 Å². The maximum absolute atomic E-state index is 12.8. The van der Waals surface area contributed by atoms with E-state index in [9.17, 15) is 27.6 Å². The number of rotatable bonds is 3. The molecule has 0 bridgehead atoms. The van der Waals surface area contributed by atoms with Crippen molar-refractivity contribution in [3.63, 3.8) is 0 Å². The number of imide groups is 1. The molecular formula is C13H12F3N3O3. The third kappa shape index (κ3) is 2.61. The molecule has 0 aromatic heterocycles. The highest BCUT2D eigenvalue weighted by Crippen LogP contribution is 2.34. The van der Waals surface area contributed by atoms with Gasteiger partial charge in [-0.05, 0) is 24.6 Å². The predicted octanol–water partition coefficient (Wildman–Crippen LogP) is 0.958. The Morgan fingerprint density at radius 2 is 2.00 bits per heavy atom. The van der Waals surface area contributed by atoms with Crippen LogP contribution in [0.3, 0.4) is 0 Å². The quantitative estimate of drug-likeness (QED) is 0.814. The van der Waals surface area contributed by atoms with Crippen LogP contribution in [0.2, 0.25) is 0 Å². The molecule has 3 N–H and O–H groups in total. The zero-order chi connectivity index (χ0) is 16.7. The van der Waals surface area contributed by atoms with Crippen molar-refractivity contribution in [3.8, 4) is 0 Å². The van der Waals surface area contributed by atoms with Crippen LogP contribution in [0.5, 0.6) is 0 Å². The fourth-order valence-corrected chi connectivity index (χ4v) is 2.20. The van der Waals surface area contributed by atoms with E-state index in [1.165, 1.54) is 13.0 Å². The average Bonchev–Trinajstić information content (AvgIpc) is 2.62. The number of hydrogen-bond acceptors (Lipinski definition) is 3. The maximum atomic E-state index is 12.8. The van der Waals surface area contributed by atoms with Gasteiger partial charge >= 0.3 is 12.2 Å². The molecule has 9 heteroatoms. The normalized spacial score (nSPS) is 21.9. The molecule has 0 saturated carbocycles. The molecule has 1 atom stereocenters. The van der Waals surface area contributed by atoms with Gasteiger partial charge in [-0.15, -0.1) is 0 Å². The second-order valence-electron chi connectivity index (χ2n) is 4.99. The van der Waals surface area contributed by atoms with Crippen molar-refractivity contribution in [2.45, 2.75) is 18.6 Å². The van der Waals surface area contributed by atoms with Gasteiger partial charge in [-0.2, -0.15) is 13.2 Å². The minimum absolute atomic E-state index is 0.0346. The van der Waals surface area contributed by atoms with E-state index in [4.69, 9.17) is 5.73 Å². The van der Waals surface area contributed by atoms with Crippen molar-refractivity contribution < 1.29 is 27.6 Å². The van der Waals surface area contributed by atoms with E-state index in [0.29, 0.717) is 4.90 Å². The van der Waals surface area contributed by atoms with E-state index in [2.05, 4.69) is 5.32 Å². The summed E-state index contributed by atoms with van der Waals surface area (Å²) in [7, 11) is 0. The Kier molecular flexibility index (Phi) is 3.59. The minimum atomic E-state index is -4.58. The van der Waals surface area contributed by atoms with Crippen LogP contribution >= 0.6 is 0 Å². The van der Waals surface area contributed by atoms with Gasteiger partial charge in [0, 0.05) is 0 Å². The van der Waals surface area contributed by atoms with E-state index in [0.717, 1.165) is 18.2 Å². The molecule has 1 saturated heterocycles. The monoisotopic (exact) mass is 315 g/mol. The van der Waals surface area contributed by atoms with Crippen molar-refractivity contribution >= 4 is 17.8 Å². The van der Waals surface area contributed by atoms with Gasteiger partial charge in [0.15, 0.2) is 0 Å². The molecule has 1 aliphatic heterocycles. The minimum Gasteiger partial charge on any atom is -0.368 e. The number of nitrogens with one attached hydrogen (secondary N) is 1. The highest BCUT2D eigenvalue weighted by molar-refractivity contribution is 6.09. The summed E-state index contributed by atoms with van der Waals surface area (Å²) >= 11 is 0. The zero-order valence-corrected chi connectivity index (χ0v) is 11.4. The van der Waals surface area contributed by atoms with Crippen LogP contribution in [0.25, 0.3) is 0 Å². The molecule has 0 spiro atoms. The summed E-state index contributed by atoms with van der Waals surface area (Å²) < 4.78 is 38.3. The van der Waals surface area contributed by atoms with E-state index < -0.39 is 41.7 Å². The topological polar surface area (TPSA) is 92.5 Å². The first-order valence-electron chi connectivity index (χ1n) is 6.16. The average molecular weight is 315 g/mol. The molecule has 22 heavy (non-hydrogen) atoms. The Hall–Kier alpha value is -2.58. The van der Waals surface area contributed by atoms with Gasteiger partial charge in [-0.3, -0.25) is 14.5 Å². The summed E-state index contributed by atoms with van der Waals surface area (Å²) in [4.78, 5) is 35.5. The zero-order valence-electron chi connectivity index (χ0n) is 11.4. The van der Waals surface area contributed by atoms with Crippen LogP contribution in [0.15, 0.2) is 24.3 Å². The number of amides is 4. The van der Waals surface area contributed by atoms with Crippen molar-refractivity contribution in [1.29, 1.82) is 0 Å². The molecule has 0 unspecified atom stereocenters. The summed E-state index contributed by atoms with van der Waals surface area (Å²) in [5.74, 6) is -1.74. The summed E-state index contributed by atoms with van der Waals surface area (Å²) in [6.07, 6.45) is -4.58.